The second-order valence-corrected chi connectivity index (χ2v) is 11.2. The second-order valence-electron chi connectivity index (χ2n) is 11.2. The predicted molar refractivity (Wildman–Crippen MR) is 131 cm³/mol. The summed E-state index contributed by atoms with van der Waals surface area (Å²) in [6, 6.07) is 4.39. The van der Waals surface area contributed by atoms with E-state index in [1.54, 1.807) is 7.11 Å². The topological polar surface area (TPSA) is 59.7 Å². The van der Waals surface area contributed by atoms with Crippen LogP contribution in [0, 0.1) is 29.1 Å². The number of rotatable bonds is 4. The molecule has 0 radical (unpaired) electrons. The molecule has 4 aliphatic carbocycles. The maximum absolute atomic E-state index is 13.7. The predicted octanol–water partition coefficient (Wildman–Crippen LogP) is 4.26. The summed E-state index contributed by atoms with van der Waals surface area (Å²) in [7, 11) is 3.74. The summed E-state index contributed by atoms with van der Waals surface area (Å²) in [4.78, 5) is 25.8. The fourth-order valence-corrected chi connectivity index (χ4v) is 8.66. The van der Waals surface area contributed by atoms with Crippen molar-refractivity contribution < 1.29 is 9.53 Å². The smallest absolute Gasteiger partial charge is 0.254 e. The molecule has 0 bridgehead atoms. The van der Waals surface area contributed by atoms with Gasteiger partial charge in [0.1, 0.15) is 17.1 Å². The van der Waals surface area contributed by atoms with Crippen LogP contribution in [0.1, 0.15) is 48.8 Å². The number of ether oxygens (including phenoxy) is 1. The van der Waals surface area contributed by atoms with E-state index in [9.17, 15) is 4.79 Å². The Morgan fingerprint density at radius 1 is 1.26 bits per heavy atom. The van der Waals surface area contributed by atoms with Crippen LogP contribution in [0.15, 0.2) is 34.9 Å². The highest BCUT2D eigenvalue weighted by molar-refractivity contribution is 6.16. The fraction of sp³-hybridized carbons (Fsp3) is 0.536. The molecule has 1 spiro atoms. The van der Waals surface area contributed by atoms with E-state index in [-0.39, 0.29) is 11.8 Å². The molecule has 1 amide bonds. The van der Waals surface area contributed by atoms with Crippen molar-refractivity contribution in [2.75, 3.05) is 20.2 Å². The lowest BCUT2D eigenvalue weighted by molar-refractivity contribution is 0.0585. The number of allylic oxidation sites excluding steroid dienone is 3. The van der Waals surface area contributed by atoms with Crippen LogP contribution in [0.3, 0.4) is 0 Å². The molecule has 0 N–H and O–H groups in total. The van der Waals surface area contributed by atoms with Gasteiger partial charge in [-0.3, -0.25) is 9.79 Å². The lowest BCUT2D eigenvalue weighted by Gasteiger charge is -2.39. The molecule has 1 aromatic carbocycles. The maximum Gasteiger partial charge on any atom is 0.254 e. The summed E-state index contributed by atoms with van der Waals surface area (Å²) < 4.78 is 7.95. The summed E-state index contributed by atoms with van der Waals surface area (Å²) in [5.41, 5.74) is 6.70. The minimum absolute atomic E-state index is 0.155. The number of fused-ring (bicyclic) bond motifs is 3. The first-order valence-corrected chi connectivity index (χ1v) is 12.9. The number of amides is 1. The van der Waals surface area contributed by atoms with Crippen LogP contribution in [-0.2, 0) is 7.05 Å². The van der Waals surface area contributed by atoms with Crippen LogP contribution in [0.2, 0.25) is 0 Å². The zero-order valence-electron chi connectivity index (χ0n) is 20.0. The number of aryl methyl sites for hydroxylation is 1. The molecule has 3 heterocycles. The van der Waals surface area contributed by atoms with Gasteiger partial charge in [-0.1, -0.05) is 13.0 Å². The van der Waals surface area contributed by atoms with E-state index >= 15 is 0 Å². The molecule has 1 aromatic heterocycles. The Balaban J connectivity index is 1.20. The van der Waals surface area contributed by atoms with Gasteiger partial charge in [-0.05, 0) is 67.2 Å². The quantitative estimate of drug-likeness (QED) is 0.694. The second kappa shape index (κ2) is 6.21. The number of methoxy groups -OCH3 is 1. The molecule has 1 saturated heterocycles. The zero-order valence-corrected chi connectivity index (χ0v) is 20.0. The number of hydrogen-bond acceptors (Lipinski definition) is 4. The van der Waals surface area contributed by atoms with Crippen molar-refractivity contribution in [3.05, 3.63) is 41.2 Å². The minimum Gasteiger partial charge on any atom is -0.494 e. The molecule has 4 fully saturated rings. The first-order chi connectivity index (χ1) is 16.6. The van der Waals surface area contributed by atoms with Gasteiger partial charge >= 0.3 is 0 Å². The van der Waals surface area contributed by atoms with Crippen molar-refractivity contribution in [1.29, 1.82) is 0 Å². The van der Waals surface area contributed by atoms with Gasteiger partial charge in [0.15, 0.2) is 0 Å². The third-order valence-corrected chi connectivity index (χ3v) is 10.2. The van der Waals surface area contributed by atoms with Crippen molar-refractivity contribution in [2.24, 2.45) is 41.1 Å². The third kappa shape index (κ3) is 2.04. The molecule has 6 atom stereocenters. The van der Waals surface area contributed by atoms with E-state index in [1.165, 1.54) is 29.7 Å². The van der Waals surface area contributed by atoms with E-state index < -0.39 is 0 Å². The van der Waals surface area contributed by atoms with Gasteiger partial charge in [0.25, 0.3) is 5.91 Å². The van der Waals surface area contributed by atoms with Gasteiger partial charge in [-0.25, -0.2) is 4.98 Å². The number of dihydropyridines is 1. The number of likely N-dealkylation sites (tertiary alicyclic amines) is 1. The number of aromatic nitrogens is 2. The highest BCUT2D eigenvalue weighted by Crippen LogP contribution is 2.88. The monoisotopic (exact) mass is 454 g/mol. The third-order valence-electron chi connectivity index (χ3n) is 10.2. The first kappa shape index (κ1) is 19.4. The van der Waals surface area contributed by atoms with E-state index in [4.69, 9.17) is 14.7 Å². The van der Waals surface area contributed by atoms with Gasteiger partial charge in [0, 0.05) is 54.4 Å². The molecular weight excluding hydrogens is 424 g/mol. The Morgan fingerprint density at radius 2 is 2.12 bits per heavy atom. The van der Waals surface area contributed by atoms with Crippen molar-refractivity contribution in [3.8, 4) is 5.75 Å². The number of carbonyl (C=O) groups is 1. The first-order valence-electron chi connectivity index (χ1n) is 12.9. The molecular formula is C28H30N4O2. The summed E-state index contributed by atoms with van der Waals surface area (Å²) in [6.07, 6.45) is 9.12. The average molecular weight is 455 g/mol. The number of carbonyl (C=O) groups excluding carboxylic acids is 1. The number of hydrogen-bond donors (Lipinski definition) is 0. The molecule has 6 nitrogen and oxygen atoms in total. The highest BCUT2D eigenvalue weighted by atomic mass is 16.5. The van der Waals surface area contributed by atoms with Crippen LogP contribution in [0.4, 0.5) is 0 Å². The Kier molecular flexibility index (Phi) is 3.55. The fourth-order valence-electron chi connectivity index (χ4n) is 8.66. The van der Waals surface area contributed by atoms with Crippen LogP contribution in [-0.4, -0.2) is 52.3 Å². The van der Waals surface area contributed by atoms with Crippen LogP contribution >= 0.6 is 0 Å². The highest BCUT2D eigenvalue weighted by Gasteiger charge is 2.88. The maximum atomic E-state index is 13.7. The van der Waals surface area contributed by atoms with E-state index in [2.05, 4.69) is 35.6 Å². The number of imidazole rings is 1. The van der Waals surface area contributed by atoms with E-state index in [0.29, 0.717) is 17.0 Å². The SMILES string of the molecule is CCC1C(c2nc3cc(C(=O)N4C[C@H]5CC6C7C[C@@H]4[C@]675)cc(OC)c3n2C)=CC2=CCCN=C21. The Morgan fingerprint density at radius 3 is 2.85 bits per heavy atom. The number of aliphatic imine (C=N–C) groups is 1. The molecule has 2 aromatic rings. The molecule has 2 aliphatic heterocycles. The lowest BCUT2D eigenvalue weighted by atomic mass is 9.67. The van der Waals surface area contributed by atoms with Gasteiger partial charge in [0.2, 0.25) is 0 Å². The summed E-state index contributed by atoms with van der Waals surface area (Å²) in [5, 5.41) is 0. The minimum atomic E-state index is 0.155. The largest absolute Gasteiger partial charge is 0.494 e. The Hall–Kier alpha value is -2.89. The molecule has 6 aliphatic rings. The summed E-state index contributed by atoms with van der Waals surface area (Å²) >= 11 is 0. The van der Waals surface area contributed by atoms with Crippen molar-refractivity contribution in [2.45, 2.75) is 38.6 Å². The average Bonchev–Trinajstić information content (AvgIpc) is 3.16. The zero-order chi connectivity index (χ0) is 22.9. The number of benzene rings is 1. The molecule has 34 heavy (non-hydrogen) atoms. The Labute approximate surface area is 199 Å². The van der Waals surface area contributed by atoms with Gasteiger partial charge in [-0.2, -0.15) is 0 Å². The normalized spacial score (nSPS) is 36.0. The standard InChI is InChI=1S/C28H30N4O2/c1-4-17-18(8-14-6-5-7-29-24(14)17)26-30-21-9-15(10-22(34-3)25(21)31(26)2)27(33)32-13-16-11-19-20-12-23(32)28(16,19)20/h6,8-10,16-17,19-20,23H,4-5,7,11-13H2,1-3H3/t16-,17?,19?,20?,23-,28-/m1/s1. The van der Waals surface area contributed by atoms with E-state index in [0.717, 1.165) is 66.3 Å². The molecule has 6 heteroatoms. The molecule has 8 rings (SSSR count). The lowest BCUT2D eigenvalue weighted by Crippen LogP contribution is -2.45. The van der Waals surface area contributed by atoms with Crippen molar-refractivity contribution in [3.63, 3.8) is 0 Å². The summed E-state index contributed by atoms with van der Waals surface area (Å²) in [5.74, 6) is 4.69. The van der Waals surface area contributed by atoms with Gasteiger partial charge < -0.3 is 14.2 Å². The van der Waals surface area contributed by atoms with E-state index in [1.807, 2.05) is 12.1 Å². The van der Waals surface area contributed by atoms with Gasteiger partial charge in [0.05, 0.1) is 12.6 Å². The Bertz CT molecular complexity index is 1390. The van der Waals surface area contributed by atoms with Crippen LogP contribution in [0.5, 0.6) is 5.75 Å². The van der Waals surface area contributed by atoms with Crippen molar-refractivity contribution in [1.82, 2.24) is 14.5 Å². The number of nitrogens with zero attached hydrogens (tertiary/aromatic N) is 4. The molecule has 3 unspecified atom stereocenters. The summed E-state index contributed by atoms with van der Waals surface area (Å²) in [6.45, 7) is 4.03. The van der Waals surface area contributed by atoms with Crippen molar-refractivity contribution >= 4 is 28.2 Å². The van der Waals surface area contributed by atoms with Crippen LogP contribution in [0.25, 0.3) is 16.6 Å². The molecule has 174 valence electrons. The van der Waals surface area contributed by atoms with Crippen LogP contribution < -0.4 is 4.74 Å². The van der Waals surface area contributed by atoms with Gasteiger partial charge in [-0.15, -0.1) is 0 Å². The molecule has 3 saturated carbocycles.